The molecule has 2 aromatic rings. The number of nitrogens with one attached hydrogen (secondary N) is 2. The summed E-state index contributed by atoms with van der Waals surface area (Å²) in [7, 11) is -3.84. The molecule has 0 atom stereocenters. The third-order valence-electron chi connectivity index (χ3n) is 4.17. The van der Waals surface area contributed by atoms with Crippen LogP contribution in [0.3, 0.4) is 0 Å². The summed E-state index contributed by atoms with van der Waals surface area (Å²) >= 11 is 0. The van der Waals surface area contributed by atoms with Gasteiger partial charge < -0.3 is 5.32 Å². The third kappa shape index (κ3) is 5.57. The number of benzene rings is 2. The van der Waals surface area contributed by atoms with E-state index in [-0.39, 0.29) is 22.6 Å². The summed E-state index contributed by atoms with van der Waals surface area (Å²) in [6.07, 6.45) is -3.45. The van der Waals surface area contributed by atoms with Crippen LogP contribution in [0.2, 0.25) is 0 Å². The Morgan fingerprint density at radius 2 is 1.86 bits per heavy atom. The highest BCUT2D eigenvalue weighted by Crippen LogP contribution is 2.29. The van der Waals surface area contributed by atoms with Crippen molar-refractivity contribution < 1.29 is 26.4 Å². The Kier molecular flexibility index (Phi) is 5.92. The molecule has 3 rings (SSSR count). The molecule has 0 saturated heterocycles. The fourth-order valence-electron chi connectivity index (χ4n) is 2.83. The molecule has 1 aliphatic rings. The van der Waals surface area contributed by atoms with Gasteiger partial charge in [0, 0.05) is 18.7 Å². The third-order valence-corrected chi connectivity index (χ3v) is 5.55. The fourth-order valence-corrected chi connectivity index (χ4v) is 3.96. The molecule has 0 spiro atoms. The summed E-state index contributed by atoms with van der Waals surface area (Å²) in [6.45, 7) is 0.573. The van der Waals surface area contributed by atoms with Gasteiger partial charge in [0.25, 0.3) is 10.0 Å². The van der Waals surface area contributed by atoms with E-state index in [0.717, 1.165) is 18.6 Å². The molecule has 154 valence electrons. The highest BCUT2D eigenvalue weighted by atomic mass is 32.2. The Balaban J connectivity index is 1.69. The molecular formula is C19H18F3N3O3S. The fraction of sp³-hybridized carbons (Fsp3) is 0.263. The van der Waals surface area contributed by atoms with E-state index < -0.39 is 27.7 Å². The molecule has 0 aliphatic carbocycles. The van der Waals surface area contributed by atoms with E-state index in [9.17, 15) is 26.4 Å². The first-order valence-electron chi connectivity index (χ1n) is 8.76. The Morgan fingerprint density at radius 1 is 1.10 bits per heavy atom. The van der Waals surface area contributed by atoms with Crippen LogP contribution in [0.1, 0.15) is 24.0 Å². The summed E-state index contributed by atoms with van der Waals surface area (Å²) in [5.74, 6) is -0.170. The molecular weight excluding hydrogens is 407 g/mol. The Labute approximate surface area is 165 Å². The highest BCUT2D eigenvalue weighted by Gasteiger charge is 2.30. The summed E-state index contributed by atoms with van der Waals surface area (Å²) in [4.78, 5) is 16.2. The zero-order valence-electron chi connectivity index (χ0n) is 15.2. The molecule has 1 heterocycles. The van der Waals surface area contributed by atoms with Crippen molar-refractivity contribution in [2.24, 2.45) is 4.99 Å². The van der Waals surface area contributed by atoms with E-state index in [1.807, 2.05) is 0 Å². The monoisotopic (exact) mass is 425 g/mol. The quantitative estimate of drug-likeness (QED) is 0.770. The number of sulfonamides is 1. The zero-order valence-corrected chi connectivity index (χ0v) is 16.0. The number of amidine groups is 1. The molecule has 1 amide bonds. The molecule has 0 bridgehead atoms. The largest absolute Gasteiger partial charge is 0.416 e. The maximum Gasteiger partial charge on any atom is 0.416 e. The number of rotatable bonds is 5. The van der Waals surface area contributed by atoms with Crippen LogP contribution in [0.5, 0.6) is 0 Å². The molecule has 29 heavy (non-hydrogen) atoms. The van der Waals surface area contributed by atoms with Crippen LogP contribution in [-0.2, 0) is 27.4 Å². The molecule has 0 aromatic heterocycles. The Bertz CT molecular complexity index is 1050. The van der Waals surface area contributed by atoms with Gasteiger partial charge in [-0.05, 0) is 36.2 Å². The van der Waals surface area contributed by atoms with Crippen molar-refractivity contribution in [1.29, 1.82) is 0 Å². The van der Waals surface area contributed by atoms with Gasteiger partial charge >= 0.3 is 6.18 Å². The molecule has 6 nitrogen and oxygen atoms in total. The summed E-state index contributed by atoms with van der Waals surface area (Å²) < 4.78 is 65.6. The predicted octanol–water partition coefficient (Wildman–Crippen LogP) is 3.36. The van der Waals surface area contributed by atoms with Crippen LogP contribution in [0, 0.1) is 0 Å². The average Bonchev–Trinajstić information content (AvgIpc) is 3.13. The molecule has 2 N–H and O–H groups in total. The van der Waals surface area contributed by atoms with E-state index in [4.69, 9.17) is 0 Å². The summed E-state index contributed by atoms with van der Waals surface area (Å²) in [5.41, 5.74) is -0.419. The van der Waals surface area contributed by atoms with Gasteiger partial charge in [0.1, 0.15) is 5.84 Å². The lowest BCUT2D eigenvalue weighted by molar-refractivity contribution is -0.137. The molecule has 0 radical (unpaired) electrons. The van der Waals surface area contributed by atoms with Gasteiger partial charge in [-0.2, -0.15) is 13.2 Å². The van der Waals surface area contributed by atoms with E-state index in [0.29, 0.717) is 18.8 Å². The van der Waals surface area contributed by atoms with Gasteiger partial charge in [0.05, 0.1) is 16.9 Å². The van der Waals surface area contributed by atoms with Crippen molar-refractivity contribution in [3.63, 3.8) is 0 Å². The normalized spacial score (nSPS) is 14.4. The number of alkyl halides is 3. The summed E-state index contributed by atoms with van der Waals surface area (Å²) in [6, 6.07) is 10.1. The zero-order chi connectivity index (χ0) is 21.1. The van der Waals surface area contributed by atoms with E-state index in [1.54, 1.807) is 0 Å². The minimum atomic E-state index is -4.49. The number of carbonyl (C=O) groups is 1. The summed E-state index contributed by atoms with van der Waals surface area (Å²) in [5, 5.41) is 2.51. The average molecular weight is 425 g/mol. The second kappa shape index (κ2) is 8.24. The van der Waals surface area contributed by atoms with E-state index in [2.05, 4.69) is 15.0 Å². The Hall–Kier alpha value is -2.88. The number of nitrogens with zero attached hydrogens (tertiary/aromatic N) is 1. The predicted molar refractivity (Wildman–Crippen MR) is 102 cm³/mol. The van der Waals surface area contributed by atoms with E-state index in [1.165, 1.54) is 36.4 Å². The number of hydrogen-bond acceptors (Lipinski definition) is 4. The number of amides is 1. The highest BCUT2D eigenvalue weighted by molar-refractivity contribution is 7.90. The maximum absolute atomic E-state index is 12.8. The van der Waals surface area contributed by atoms with Crippen molar-refractivity contribution >= 4 is 27.5 Å². The first-order chi connectivity index (χ1) is 13.6. The van der Waals surface area contributed by atoms with Gasteiger partial charge in [-0.15, -0.1) is 0 Å². The van der Waals surface area contributed by atoms with Crippen molar-refractivity contribution in [1.82, 2.24) is 4.72 Å². The molecule has 1 aliphatic heterocycles. The van der Waals surface area contributed by atoms with Crippen LogP contribution < -0.4 is 10.0 Å². The maximum atomic E-state index is 12.8. The van der Waals surface area contributed by atoms with Crippen LogP contribution in [0.4, 0.5) is 18.9 Å². The topological polar surface area (TPSA) is 87.6 Å². The molecule has 0 fully saturated rings. The minimum absolute atomic E-state index is 0.0519. The lowest BCUT2D eigenvalue weighted by Gasteiger charge is -2.11. The SMILES string of the molecule is O=C(Cc1cccc(C(F)(F)F)c1)Nc1cccc(S(=O)(=O)NC2=NCCC2)c1. The number of halogens is 3. The van der Waals surface area contributed by atoms with Gasteiger partial charge in [-0.1, -0.05) is 24.3 Å². The number of anilines is 1. The molecule has 10 heteroatoms. The minimum Gasteiger partial charge on any atom is -0.326 e. The van der Waals surface area contributed by atoms with Crippen LogP contribution in [0.15, 0.2) is 58.4 Å². The van der Waals surface area contributed by atoms with Crippen molar-refractivity contribution in [2.75, 3.05) is 11.9 Å². The van der Waals surface area contributed by atoms with Crippen LogP contribution in [-0.4, -0.2) is 26.7 Å². The molecule has 2 aromatic carbocycles. The first-order valence-corrected chi connectivity index (χ1v) is 10.2. The number of aliphatic imine (C=N–C) groups is 1. The van der Waals surface area contributed by atoms with Gasteiger partial charge in [0.2, 0.25) is 5.91 Å². The standard InChI is InChI=1S/C19H18F3N3O3S/c20-19(21,22)14-5-1-4-13(10-14)11-18(26)24-15-6-2-7-16(12-15)29(27,28)25-17-8-3-9-23-17/h1-2,4-7,10,12H,3,8-9,11H2,(H,23,25)(H,24,26). The van der Waals surface area contributed by atoms with Crippen molar-refractivity contribution in [3.05, 3.63) is 59.7 Å². The lowest BCUT2D eigenvalue weighted by atomic mass is 10.1. The van der Waals surface area contributed by atoms with Gasteiger partial charge in [0.15, 0.2) is 0 Å². The smallest absolute Gasteiger partial charge is 0.326 e. The lowest BCUT2D eigenvalue weighted by Crippen LogP contribution is -2.29. The molecule has 0 saturated carbocycles. The van der Waals surface area contributed by atoms with Crippen LogP contribution in [0.25, 0.3) is 0 Å². The van der Waals surface area contributed by atoms with E-state index >= 15 is 0 Å². The molecule has 0 unspecified atom stereocenters. The van der Waals surface area contributed by atoms with Crippen molar-refractivity contribution in [2.45, 2.75) is 30.3 Å². The van der Waals surface area contributed by atoms with Gasteiger partial charge in [-0.3, -0.25) is 14.5 Å². The van der Waals surface area contributed by atoms with Crippen molar-refractivity contribution in [3.8, 4) is 0 Å². The second-order valence-electron chi connectivity index (χ2n) is 6.49. The van der Waals surface area contributed by atoms with Crippen LogP contribution >= 0.6 is 0 Å². The first kappa shape index (κ1) is 20.8. The number of carbonyl (C=O) groups excluding carboxylic acids is 1. The Morgan fingerprint density at radius 3 is 2.55 bits per heavy atom. The second-order valence-corrected chi connectivity index (χ2v) is 8.17. The van der Waals surface area contributed by atoms with Gasteiger partial charge in [-0.25, -0.2) is 8.42 Å². The number of hydrogen-bond donors (Lipinski definition) is 2.